The van der Waals surface area contributed by atoms with Gasteiger partial charge in [0.15, 0.2) is 11.5 Å². The van der Waals surface area contributed by atoms with Gasteiger partial charge in [-0.3, -0.25) is 0 Å². The van der Waals surface area contributed by atoms with Gasteiger partial charge in [0.1, 0.15) is 0 Å². The maximum absolute atomic E-state index is 5.73. The van der Waals surface area contributed by atoms with Crippen LogP contribution in [0.25, 0.3) is 6.08 Å². The lowest BCUT2D eigenvalue weighted by Crippen LogP contribution is -2.18. The van der Waals surface area contributed by atoms with Crippen LogP contribution in [0, 0.1) is 0 Å². The van der Waals surface area contributed by atoms with Crippen molar-refractivity contribution in [1.82, 2.24) is 5.32 Å². The monoisotopic (exact) mass is 275 g/mol. The van der Waals surface area contributed by atoms with Crippen LogP contribution in [0.5, 0.6) is 11.5 Å². The van der Waals surface area contributed by atoms with Crippen molar-refractivity contribution in [2.75, 3.05) is 13.7 Å². The second-order valence-electron chi connectivity index (χ2n) is 5.72. The Bertz CT molecular complexity index is 476. The van der Waals surface area contributed by atoms with Gasteiger partial charge in [-0.25, -0.2) is 0 Å². The van der Waals surface area contributed by atoms with Gasteiger partial charge in [-0.2, -0.15) is 0 Å². The van der Waals surface area contributed by atoms with Crippen LogP contribution in [-0.2, 0) is 0 Å². The zero-order chi connectivity index (χ0) is 14.5. The fourth-order valence-electron chi connectivity index (χ4n) is 2.05. The van der Waals surface area contributed by atoms with E-state index >= 15 is 0 Å². The summed E-state index contributed by atoms with van der Waals surface area (Å²) >= 11 is 0. The van der Waals surface area contributed by atoms with Gasteiger partial charge in [0.2, 0.25) is 0 Å². The molecule has 1 fully saturated rings. The van der Waals surface area contributed by atoms with Crippen LogP contribution in [-0.4, -0.2) is 25.8 Å². The molecule has 1 aromatic carbocycles. The van der Waals surface area contributed by atoms with E-state index in [9.17, 15) is 0 Å². The summed E-state index contributed by atoms with van der Waals surface area (Å²) in [7, 11) is 1.68. The first kappa shape index (κ1) is 14.9. The number of hydrogen-bond donors (Lipinski definition) is 1. The molecule has 0 aliphatic heterocycles. The molecule has 0 bridgehead atoms. The van der Waals surface area contributed by atoms with Gasteiger partial charge < -0.3 is 14.8 Å². The summed E-state index contributed by atoms with van der Waals surface area (Å²) < 4.78 is 11.1. The van der Waals surface area contributed by atoms with Crippen molar-refractivity contribution in [2.24, 2.45) is 0 Å². The molecule has 0 unspecified atom stereocenters. The van der Waals surface area contributed by atoms with Crippen LogP contribution < -0.4 is 14.8 Å². The first-order chi connectivity index (χ1) is 9.58. The first-order valence-corrected chi connectivity index (χ1v) is 7.33. The van der Waals surface area contributed by atoms with Gasteiger partial charge in [-0.05, 0) is 51.3 Å². The van der Waals surface area contributed by atoms with Crippen LogP contribution in [0.4, 0.5) is 0 Å². The molecule has 0 radical (unpaired) electrons. The summed E-state index contributed by atoms with van der Waals surface area (Å²) in [6.45, 7) is 7.14. The van der Waals surface area contributed by atoms with Crippen molar-refractivity contribution in [3.8, 4) is 11.5 Å². The summed E-state index contributed by atoms with van der Waals surface area (Å²) in [4.78, 5) is 0. The van der Waals surface area contributed by atoms with E-state index in [-0.39, 0.29) is 6.10 Å². The topological polar surface area (TPSA) is 30.5 Å². The van der Waals surface area contributed by atoms with Gasteiger partial charge in [0, 0.05) is 12.6 Å². The number of hydrogen-bond acceptors (Lipinski definition) is 3. The van der Waals surface area contributed by atoms with Gasteiger partial charge in [-0.1, -0.05) is 17.7 Å². The fraction of sp³-hybridized carbons (Fsp3) is 0.529. The van der Waals surface area contributed by atoms with E-state index in [1.54, 1.807) is 7.11 Å². The van der Waals surface area contributed by atoms with E-state index in [0.717, 1.165) is 29.6 Å². The molecule has 1 aliphatic carbocycles. The quantitative estimate of drug-likeness (QED) is 0.824. The zero-order valence-electron chi connectivity index (χ0n) is 12.9. The Labute approximate surface area is 122 Å². The second-order valence-corrected chi connectivity index (χ2v) is 5.72. The third-order valence-electron chi connectivity index (χ3n) is 3.21. The summed E-state index contributed by atoms with van der Waals surface area (Å²) in [5, 5.41) is 3.52. The molecule has 2 rings (SSSR count). The van der Waals surface area contributed by atoms with Gasteiger partial charge in [-0.15, -0.1) is 0 Å². The van der Waals surface area contributed by atoms with Crippen LogP contribution in [0.3, 0.4) is 0 Å². The van der Waals surface area contributed by atoms with Crippen molar-refractivity contribution >= 4 is 6.08 Å². The first-order valence-electron chi connectivity index (χ1n) is 7.33. The molecule has 0 heterocycles. The molecule has 0 aromatic heterocycles. The Hall–Kier alpha value is -1.48. The highest BCUT2D eigenvalue weighted by Crippen LogP contribution is 2.29. The highest BCUT2D eigenvalue weighted by molar-refractivity contribution is 5.58. The zero-order valence-corrected chi connectivity index (χ0v) is 12.9. The molecule has 1 aliphatic rings. The lowest BCUT2D eigenvalue weighted by Gasteiger charge is -2.14. The predicted octanol–water partition coefficient (Wildman–Crippen LogP) is 3.64. The number of ether oxygens (including phenoxy) is 2. The number of nitrogens with one attached hydrogen (secondary N) is 1. The minimum atomic E-state index is 0.148. The second kappa shape index (κ2) is 6.80. The molecule has 1 aromatic rings. The molecule has 3 nitrogen and oxygen atoms in total. The molecular formula is C17H25NO2. The molecule has 1 N–H and O–H groups in total. The Morgan fingerprint density at radius 2 is 2.10 bits per heavy atom. The molecule has 0 atom stereocenters. The standard InChI is InChI=1S/C17H25NO2/c1-12(2)20-16-8-5-14(10-17(16)19-4)9-13(3)11-18-15-6-7-15/h5,8-10,12,15,18H,6-7,11H2,1-4H3. The van der Waals surface area contributed by atoms with E-state index in [1.165, 1.54) is 18.4 Å². The van der Waals surface area contributed by atoms with Crippen molar-refractivity contribution < 1.29 is 9.47 Å². The Morgan fingerprint density at radius 3 is 2.70 bits per heavy atom. The highest BCUT2D eigenvalue weighted by atomic mass is 16.5. The van der Waals surface area contributed by atoms with Crippen molar-refractivity contribution in [2.45, 2.75) is 45.8 Å². The van der Waals surface area contributed by atoms with Crippen molar-refractivity contribution in [3.05, 3.63) is 29.3 Å². The minimum Gasteiger partial charge on any atom is -0.493 e. The largest absolute Gasteiger partial charge is 0.493 e. The average molecular weight is 275 g/mol. The molecule has 0 spiro atoms. The van der Waals surface area contributed by atoms with Crippen LogP contribution >= 0.6 is 0 Å². The van der Waals surface area contributed by atoms with Gasteiger partial charge in [0.05, 0.1) is 13.2 Å². The summed E-state index contributed by atoms with van der Waals surface area (Å²) in [6.07, 6.45) is 4.98. The van der Waals surface area contributed by atoms with Crippen LogP contribution in [0.1, 0.15) is 39.2 Å². The average Bonchev–Trinajstić information content (AvgIpc) is 3.21. The predicted molar refractivity (Wildman–Crippen MR) is 83.4 cm³/mol. The van der Waals surface area contributed by atoms with Crippen LogP contribution in [0.15, 0.2) is 23.8 Å². The summed E-state index contributed by atoms with van der Waals surface area (Å²) in [5.74, 6) is 1.59. The lowest BCUT2D eigenvalue weighted by atomic mass is 10.1. The molecule has 3 heteroatoms. The summed E-state index contributed by atoms with van der Waals surface area (Å²) in [5.41, 5.74) is 2.48. The minimum absolute atomic E-state index is 0.148. The Morgan fingerprint density at radius 1 is 1.35 bits per heavy atom. The number of rotatable bonds is 7. The maximum atomic E-state index is 5.73. The molecule has 110 valence electrons. The molecule has 1 saturated carbocycles. The Kier molecular flexibility index (Phi) is 5.07. The lowest BCUT2D eigenvalue weighted by molar-refractivity contribution is 0.230. The normalized spacial score (nSPS) is 15.6. The van der Waals surface area contributed by atoms with Crippen molar-refractivity contribution in [1.29, 1.82) is 0 Å². The molecule has 0 saturated heterocycles. The summed E-state index contributed by atoms with van der Waals surface area (Å²) in [6, 6.07) is 6.82. The smallest absolute Gasteiger partial charge is 0.161 e. The molecular weight excluding hydrogens is 250 g/mol. The van der Waals surface area contributed by atoms with E-state index in [2.05, 4.69) is 24.4 Å². The highest BCUT2D eigenvalue weighted by Gasteiger charge is 2.19. The van der Waals surface area contributed by atoms with E-state index in [0.29, 0.717) is 0 Å². The van der Waals surface area contributed by atoms with E-state index in [4.69, 9.17) is 9.47 Å². The third-order valence-corrected chi connectivity index (χ3v) is 3.21. The SMILES string of the molecule is COc1cc(C=C(C)CNC2CC2)ccc1OC(C)C. The van der Waals surface area contributed by atoms with E-state index < -0.39 is 0 Å². The molecule has 20 heavy (non-hydrogen) atoms. The van der Waals surface area contributed by atoms with E-state index in [1.807, 2.05) is 26.0 Å². The van der Waals surface area contributed by atoms with Crippen LogP contribution in [0.2, 0.25) is 0 Å². The van der Waals surface area contributed by atoms with Gasteiger partial charge >= 0.3 is 0 Å². The third kappa shape index (κ3) is 4.57. The Balaban J connectivity index is 2.05. The number of benzene rings is 1. The number of methoxy groups -OCH3 is 1. The van der Waals surface area contributed by atoms with Crippen molar-refractivity contribution in [3.63, 3.8) is 0 Å². The van der Waals surface area contributed by atoms with Gasteiger partial charge in [0.25, 0.3) is 0 Å². The molecule has 0 amide bonds. The maximum Gasteiger partial charge on any atom is 0.161 e. The fourth-order valence-corrected chi connectivity index (χ4v) is 2.05.